The number of rotatable bonds is 8. The molecule has 35 heavy (non-hydrogen) atoms. The van der Waals surface area contributed by atoms with Crippen LogP contribution in [0.3, 0.4) is 0 Å². The van der Waals surface area contributed by atoms with Crippen molar-refractivity contribution in [1.82, 2.24) is 19.5 Å². The quantitative estimate of drug-likeness (QED) is 0.185. The van der Waals surface area contributed by atoms with Gasteiger partial charge in [0, 0.05) is 0 Å². The van der Waals surface area contributed by atoms with Gasteiger partial charge < -0.3 is 49.3 Å². The summed E-state index contributed by atoms with van der Waals surface area (Å²) in [5.41, 5.74) is 6.02. The summed E-state index contributed by atoms with van der Waals surface area (Å²) >= 11 is 4.29. The maximum absolute atomic E-state index is 12.0. The molecule has 3 rings (SSSR count). The van der Waals surface area contributed by atoms with Crippen LogP contribution in [0.4, 0.5) is 5.82 Å². The summed E-state index contributed by atoms with van der Waals surface area (Å²) in [6.07, 6.45) is -3.56. The van der Waals surface area contributed by atoms with Crippen molar-refractivity contribution in [3.05, 3.63) is 12.7 Å². The molecule has 6 atom stereocenters. The second-order valence-electron chi connectivity index (χ2n) is 5.93. The number of aliphatic hydroxyl groups is 2. The summed E-state index contributed by atoms with van der Waals surface area (Å²) in [4.78, 5) is 55.7. The van der Waals surface area contributed by atoms with Crippen LogP contribution in [0.5, 0.6) is 0 Å². The van der Waals surface area contributed by atoms with Crippen LogP contribution in [0.15, 0.2) is 12.7 Å². The number of imidazole rings is 1. The van der Waals surface area contributed by atoms with E-state index < -0.39 is 53.5 Å². The first-order valence-electron chi connectivity index (χ1n) is 7.85. The smallest absolute Gasteiger partial charge is 0.790 e. The van der Waals surface area contributed by atoms with Crippen molar-refractivity contribution in [2.75, 3.05) is 12.3 Å². The minimum atomic E-state index is -6.04. The Balaban J connectivity index is 0. The third-order valence-electron chi connectivity index (χ3n) is 3.80. The monoisotopic (exact) mass is 611 g/mol. The van der Waals surface area contributed by atoms with Crippen LogP contribution >= 0.6 is 22.4 Å². The van der Waals surface area contributed by atoms with Crippen LogP contribution in [-0.2, 0) is 38.8 Å². The number of nitrogen functional groups attached to an aromatic ring is 1. The summed E-state index contributed by atoms with van der Waals surface area (Å²) < 4.78 is 39.8. The van der Waals surface area contributed by atoms with Gasteiger partial charge in [0.15, 0.2) is 17.7 Å². The van der Waals surface area contributed by atoms with Gasteiger partial charge in [0.05, 0.1) is 20.8 Å². The van der Waals surface area contributed by atoms with Crippen LogP contribution in [0, 0.1) is 0 Å². The standard InChI is InChI=1S/C10H16N5O12P3S.4Na/c11-8-5-9(13-2-12-8)15(3-14-5)10-7(17)6(16)4(25-10)1-24-30(23,31)27-29(21,22)26-28(18,19)20;;;;/h2-4,6-7,10,16-17H,1H2,(H,21,22)(H,23,31)(H2,11,12,13)(H2,18,19,20);;;;/q;4*+1/p-4/t4-,6-,7-,10-,30?;;;;/m1..../s1. The van der Waals surface area contributed by atoms with Gasteiger partial charge in [0.25, 0.3) is 7.82 Å². The Morgan fingerprint density at radius 2 is 1.66 bits per heavy atom. The summed E-state index contributed by atoms with van der Waals surface area (Å²) in [6.45, 7) is -5.84. The first-order valence-corrected chi connectivity index (χ1v) is 13.3. The molecule has 25 heteroatoms. The predicted octanol–water partition coefficient (Wildman–Crippen LogP) is -16.0. The van der Waals surface area contributed by atoms with Crippen molar-refractivity contribution in [2.45, 2.75) is 24.5 Å². The zero-order valence-corrected chi connectivity index (χ0v) is 30.3. The second-order valence-corrected chi connectivity index (χ2v) is 11.5. The van der Waals surface area contributed by atoms with E-state index in [9.17, 15) is 38.9 Å². The zero-order valence-electron chi connectivity index (χ0n) is 18.8. The molecule has 1 saturated heterocycles. The van der Waals surface area contributed by atoms with Crippen LogP contribution in [0.1, 0.15) is 6.23 Å². The number of phosphoric acid groups is 2. The molecule has 3 heterocycles. The Morgan fingerprint density at radius 1 is 1.06 bits per heavy atom. The molecule has 0 aromatic carbocycles. The van der Waals surface area contributed by atoms with Gasteiger partial charge in [-0.25, -0.2) is 15.0 Å². The fourth-order valence-electron chi connectivity index (χ4n) is 2.60. The largest absolute Gasteiger partial charge is 1.00 e. The van der Waals surface area contributed by atoms with E-state index in [0.29, 0.717) is 0 Å². The van der Waals surface area contributed by atoms with Gasteiger partial charge in [-0.3, -0.25) is 17.8 Å². The maximum Gasteiger partial charge on any atom is 1.00 e. The molecule has 1 fully saturated rings. The number of hydrogen-bond acceptors (Lipinski definition) is 17. The van der Waals surface area contributed by atoms with Crippen LogP contribution in [0.25, 0.3) is 11.2 Å². The molecule has 0 amide bonds. The van der Waals surface area contributed by atoms with Gasteiger partial charge in [-0.1, -0.05) is 11.8 Å². The van der Waals surface area contributed by atoms with Crippen LogP contribution in [0.2, 0.25) is 0 Å². The fourth-order valence-corrected chi connectivity index (χ4v) is 6.38. The molecule has 2 aromatic heterocycles. The minimum absolute atomic E-state index is 0. The van der Waals surface area contributed by atoms with E-state index in [1.54, 1.807) is 0 Å². The topological polar surface area (TPSA) is 273 Å². The molecule has 2 aromatic rings. The van der Waals surface area contributed by atoms with Crippen LogP contribution in [-0.4, -0.2) is 54.7 Å². The number of aromatic nitrogens is 4. The predicted molar refractivity (Wildman–Crippen MR) is 93.3 cm³/mol. The molecule has 1 aliphatic heterocycles. The molecular weight excluding hydrogens is 599 g/mol. The van der Waals surface area contributed by atoms with E-state index in [1.807, 2.05) is 0 Å². The summed E-state index contributed by atoms with van der Waals surface area (Å²) in [7, 11) is -12.0. The van der Waals surface area contributed by atoms with Gasteiger partial charge in [-0.2, -0.15) is 0 Å². The van der Waals surface area contributed by atoms with Crippen molar-refractivity contribution in [2.24, 2.45) is 0 Å². The molecule has 0 bridgehead atoms. The Morgan fingerprint density at radius 3 is 2.23 bits per heavy atom. The Bertz CT molecular complexity index is 1130. The molecule has 0 spiro atoms. The Labute approximate surface area is 291 Å². The van der Waals surface area contributed by atoms with Gasteiger partial charge in [-0.05, 0) is 0 Å². The fraction of sp³-hybridized carbons (Fsp3) is 0.500. The number of anilines is 1. The molecule has 0 aliphatic carbocycles. The van der Waals surface area contributed by atoms with Gasteiger partial charge in [0.2, 0.25) is 0 Å². The molecule has 4 N–H and O–H groups in total. The van der Waals surface area contributed by atoms with E-state index in [-0.39, 0.29) is 135 Å². The molecule has 174 valence electrons. The number of ether oxygens (including phenoxy) is 1. The minimum Gasteiger partial charge on any atom is -0.790 e. The molecule has 1 aliphatic rings. The van der Waals surface area contributed by atoms with Crippen molar-refractivity contribution < 1.29 is 175 Å². The number of nitrogens with zero attached hydrogens (tertiary/aromatic N) is 4. The molecule has 0 saturated carbocycles. The van der Waals surface area contributed by atoms with Gasteiger partial charge in [-0.15, -0.1) is 0 Å². The molecular formula is C10H12N5Na4O12P3S. The zero-order chi connectivity index (χ0) is 23.2. The number of fused-ring (bicyclic) bond motifs is 1. The maximum atomic E-state index is 12.0. The van der Waals surface area contributed by atoms with Gasteiger partial charge >= 0.3 is 118 Å². The summed E-state index contributed by atoms with van der Waals surface area (Å²) in [6, 6.07) is 0. The molecule has 0 radical (unpaired) electrons. The average Bonchev–Trinajstić information content (AvgIpc) is 3.13. The van der Waals surface area contributed by atoms with Crippen molar-refractivity contribution in [3.8, 4) is 0 Å². The number of nitrogens with two attached hydrogens (primary N) is 1. The second kappa shape index (κ2) is 15.9. The number of aliphatic hydroxyl groups excluding tert-OH is 2. The van der Waals surface area contributed by atoms with E-state index >= 15 is 0 Å². The number of hydrogen-bond donors (Lipinski definition) is 3. The SMILES string of the molecule is Nc1ncnc2c1ncn2[C@@H]1O[C@H](COP([O-])(=S)OP(=O)([O-])OP(=O)([O-])[O-])[C@@H](O)[C@H]1O.[Na+].[Na+].[Na+].[Na+]. The van der Waals surface area contributed by atoms with E-state index in [2.05, 4.69) is 39.9 Å². The molecule has 17 nitrogen and oxygen atoms in total. The third-order valence-corrected chi connectivity index (χ3v) is 8.38. The van der Waals surface area contributed by atoms with Crippen molar-refractivity contribution in [1.29, 1.82) is 0 Å². The summed E-state index contributed by atoms with van der Waals surface area (Å²) in [5.74, 6) is 0.0471. The summed E-state index contributed by atoms with van der Waals surface area (Å²) in [5, 5.41) is 20.4. The van der Waals surface area contributed by atoms with Crippen LogP contribution < -0.4 is 144 Å². The van der Waals surface area contributed by atoms with E-state index in [0.717, 1.165) is 6.33 Å². The van der Waals surface area contributed by atoms with Crippen molar-refractivity contribution in [3.63, 3.8) is 0 Å². The normalized spacial score (nSPS) is 25.2. The first kappa shape index (κ1) is 40.2. The van der Waals surface area contributed by atoms with E-state index in [4.69, 9.17) is 10.5 Å². The molecule has 2 unspecified atom stereocenters. The third kappa shape index (κ3) is 11.1. The van der Waals surface area contributed by atoms with E-state index in [1.165, 1.54) is 10.9 Å². The Kier molecular flexibility index (Phi) is 18.3. The average molecular weight is 611 g/mol. The first-order chi connectivity index (χ1) is 14.2. The Hall–Kier alpha value is 3.06. The van der Waals surface area contributed by atoms with Gasteiger partial charge in [0.1, 0.15) is 36.9 Å². The van der Waals surface area contributed by atoms with Crippen molar-refractivity contribution >= 4 is 51.2 Å².